The Balaban J connectivity index is 1.72. The highest BCUT2D eigenvalue weighted by molar-refractivity contribution is 6.27. The Hall–Kier alpha value is -3.66. The lowest BCUT2D eigenvalue weighted by atomic mass is 9.81. The third kappa shape index (κ3) is 4.29. The summed E-state index contributed by atoms with van der Waals surface area (Å²) in [6.45, 7) is 0. The average Bonchev–Trinajstić information content (AvgIpc) is 2.82. The van der Waals surface area contributed by atoms with Crippen LogP contribution in [-0.2, 0) is 21.6 Å². The third-order valence-electron chi connectivity index (χ3n) is 5.70. The summed E-state index contributed by atoms with van der Waals surface area (Å²) >= 11 is 0. The van der Waals surface area contributed by atoms with Crippen LogP contribution in [0.4, 0.5) is 0 Å². The van der Waals surface area contributed by atoms with Gasteiger partial charge in [-0.15, -0.1) is 0 Å². The smallest absolute Gasteiger partial charge is 0.344 e. The number of aliphatic hydroxyl groups excluding tert-OH is 1. The van der Waals surface area contributed by atoms with Gasteiger partial charge in [0.05, 0.1) is 12.1 Å². The molecule has 0 saturated carbocycles. The molecule has 1 unspecified atom stereocenters. The number of aliphatic hydroxyl groups is 1. The molecule has 156 valence electrons. The summed E-state index contributed by atoms with van der Waals surface area (Å²) in [5, 5.41) is 11.1. The topological polar surface area (TPSA) is 58.9 Å². The zero-order valence-corrected chi connectivity index (χ0v) is 17.5. The summed E-state index contributed by atoms with van der Waals surface area (Å²) in [6, 6.07) is 29.1. The zero-order chi connectivity index (χ0) is 21.7. The number of benzene rings is 3. The Morgan fingerprint density at radius 1 is 0.935 bits per heavy atom. The molecule has 0 aliphatic carbocycles. The van der Waals surface area contributed by atoms with Crippen LogP contribution in [0.3, 0.4) is 0 Å². The van der Waals surface area contributed by atoms with Crippen LogP contribution >= 0.6 is 0 Å². The van der Waals surface area contributed by atoms with Crippen molar-refractivity contribution in [3.8, 4) is 0 Å². The zero-order valence-electron chi connectivity index (χ0n) is 17.5. The van der Waals surface area contributed by atoms with Crippen molar-refractivity contribution in [2.45, 2.75) is 24.9 Å². The third-order valence-corrected chi connectivity index (χ3v) is 5.70. The molecule has 4 heteroatoms. The number of hydrogen-bond donors (Lipinski definition) is 1. The molecule has 0 saturated heterocycles. The molecule has 0 spiro atoms. The number of carbonyl (C=O) groups is 1. The molecule has 3 aromatic carbocycles. The summed E-state index contributed by atoms with van der Waals surface area (Å²) in [5.74, 6) is -0.539. The van der Waals surface area contributed by atoms with Gasteiger partial charge in [0.2, 0.25) is 0 Å². The van der Waals surface area contributed by atoms with Gasteiger partial charge in [0.1, 0.15) is 16.9 Å². The van der Waals surface area contributed by atoms with E-state index >= 15 is 0 Å². The fraction of sp³-hybridized carbons (Fsp3) is 0.185. The van der Waals surface area contributed by atoms with Gasteiger partial charge in [0.25, 0.3) is 0 Å². The van der Waals surface area contributed by atoms with Crippen LogP contribution in [0.1, 0.15) is 29.5 Å². The lowest BCUT2D eigenvalue weighted by Gasteiger charge is -2.38. The van der Waals surface area contributed by atoms with Crippen molar-refractivity contribution in [1.82, 2.24) is 0 Å². The number of rotatable bonds is 6. The minimum Gasteiger partial charge on any atom is -0.511 e. The van der Waals surface area contributed by atoms with Crippen LogP contribution in [0.5, 0.6) is 0 Å². The van der Waals surface area contributed by atoms with Crippen LogP contribution < -0.4 is 0 Å². The molecule has 1 aliphatic heterocycles. The Labute approximate surface area is 182 Å². The van der Waals surface area contributed by atoms with Gasteiger partial charge in [-0.25, -0.2) is 4.79 Å². The van der Waals surface area contributed by atoms with Gasteiger partial charge in [0.15, 0.2) is 0 Å². The van der Waals surface area contributed by atoms with E-state index in [1.807, 2.05) is 78.9 Å². The lowest BCUT2D eigenvalue weighted by Crippen LogP contribution is -2.40. The second-order valence-corrected chi connectivity index (χ2v) is 7.67. The van der Waals surface area contributed by atoms with Crippen LogP contribution in [0.25, 0.3) is 0 Å². The highest BCUT2D eigenvalue weighted by Gasteiger charge is 2.44. The maximum absolute atomic E-state index is 13.3. The predicted molar refractivity (Wildman–Crippen MR) is 122 cm³/mol. The minimum absolute atomic E-state index is 0.0117. The van der Waals surface area contributed by atoms with Crippen LogP contribution in [0.2, 0.25) is 0 Å². The minimum atomic E-state index is -0.933. The van der Waals surface area contributed by atoms with Crippen molar-refractivity contribution in [3.05, 3.63) is 119 Å². The largest absolute Gasteiger partial charge is 0.511 e. The van der Waals surface area contributed by atoms with Crippen molar-refractivity contribution in [2.24, 2.45) is 4.99 Å². The van der Waals surface area contributed by atoms with E-state index in [4.69, 9.17) is 4.74 Å². The fourth-order valence-electron chi connectivity index (χ4n) is 4.13. The van der Waals surface area contributed by atoms with Crippen molar-refractivity contribution in [1.29, 1.82) is 0 Å². The number of nitrogens with zero attached hydrogens (tertiary/aromatic N) is 1. The molecule has 0 aromatic heterocycles. The maximum atomic E-state index is 13.3. The van der Waals surface area contributed by atoms with Crippen LogP contribution in [0.15, 0.2) is 107 Å². The highest BCUT2D eigenvalue weighted by atomic mass is 16.6. The van der Waals surface area contributed by atoms with Crippen LogP contribution in [-0.4, -0.2) is 23.8 Å². The number of aliphatic imine (C=N–C) groups is 1. The standard InChI is InChI=1S/C27H25NO3/c1-28-25(21-13-7-3-8-14-21)24-23(29)19-27(31-26(24)30,22-15-9-4-10-16-22)18-17-20-11-5-2-6-12-20/h2-16,29H,17-19H2,1H3. The van der Waals surface area contributed by atoms with Gasteiger partial charge in [-0.1, -0.05) is 91.0 Å². The van der Waals surface area contributed by atoms with Gasteiger partial charge in [0, 0.05) is 12.6 Å². The quantitative estimate of drug-likeness (QED) is 0.437. The Kier molecular flexibility index (Phi) is 5.99. The van der Waals surface area contributed by atoms with E-state index in [0.717, 1.165) is 23.1 Å². The molecule has 4 rings (SSSR count). The first-order valence-corrected chi connectivity index (χ1v) is 10.4. The Morgan fingerprint density at radius 2 is 1.52 bits per heavy atom. The van der Waals surface area contributed by atoms with E-state index in [0.29, 0.717) is 12.1 Å². The summed E-state index contributed by atoms with van der Waals surface area (Å²) in [7, 11) is 1.62. The second kappa shape index (κ2) is 9.00. The summed E-state index contributed by atoms with van der Waals surface area (Å²) in [6.07, 6.45) is 1.49. The van der Waals surface area contributed by atoms with E-state index in [9.17, 15) is 9.90 Å². The first-order chi connectivity index (χ1) is 15.1. The van der Waals surface area contributed by atoms with Crippen molar-refractivity contribution in [2.75, 3.05) is 7.05 Å². The molecule has 4 nitrogen and oxygen atoms in total. The molecule has 0 fully saturated rings. The monoisotopic (exact) mass is 411 g/mol. The van der Waals surface area contributed by atoms with Crippen molar-refractivity contribution >= 4 is 11.7 Å². The second-order valence-electron chi connectivity index (χ2n) is 7.67. The van der Waals surface area contributed by atoms with E-state index in [1.54, 1.807) is 7.05 Å². The molecule has 31 heavy (non-hydrogen) atoms. The molecule has 0 amide bonds. The van der Waals surface area contributed by atoms with E-state index in [1.165, 1.54) is 0 Å². The number of ether oxygens (including phenoxy) is 1. The van der Waals surface area contributed by atoms with Gasteiger partial charge in [-0.2, -0.15) is 0 Å². The molecule has 3 aromatic rings. The molecule has 1 aliphatic rings. The summed E-state index contributed by atoms with van der Waals surface area (Å²) in [5.41, 5.74) is 2.44. The summed E-state index contributed by atoms with van der Waals surface area (Å²) in [4.78, 5) is 17.6. The van der Waals surface area contributed by atoms with Crippen molar-refractivity contribution < 1.29 is 14.6 Å². The Bertz CT molecular complexity index is 1100. The van der Waals surface area contributed by atoms with Crippen molar-refractivity contribution in [3.63, 3.8) is 0 Å². The van der Waals surface area contributed by atoms with Gasteiger partial charge in [-0.05, 0) is 24.0 Å². The molecule has 0 radical (unpaired) electrons. The molecular formula is C27H25NO3. The van der Waals surface area contributed by atoms with E-state index < -0.39 is 11.6 Å². The molecule has 1 atom stereocenters. The first kappa shape index (κ1) is 20.6. The number of carbonyl (C=O) groups excluding carboxylic acids is 1. The average molecular weight is 412 g/mol. The maximum Gasteiger partial charge on any atom is 0.344 e. The van der Waals surface area contributed by atoms with Crippen LogP contribution in [0, 0.1) is 0 Å². The van der Waals surface area contributed by atoms with Gasteiger partial charge >= 0.3 is 5.97 Å². The molecule has 1 N–H and O–H groups in total. The Morgan fingerprint density at radius 3 is 2.10 bits per heavy atom. The molecule has 0 bridgehead atoms. The SMILES string of the molecule is CN=C(C1=C(O)CC(CCc2ccccc2)(c2ccccc2)OC1=O)c1ccccc1. The first-order valence-electron chi connectivity index (χ1n) is 10.4. The molecular weight excluding hydrogens is 386 g/mol. The van der Waals surface area contributed by atoms with Gasteiger partial charge < -0.3 is 9.84 Å². The van der Waals surface area contributed by atoms with E-state index in [-0.39, 0.29) is 17.8 Å². The predicted octanol–water partition coefficient (Wildman–Crippen LogP) is 5.39. The van der Waals surface area contributed by atoms with E-state index in [2.05, 4.69) is 17.1 Å². The molecule has 1 heterocycles. The number of aryl methyl sites for hydroxylation is 1. The number of esters is 1. The summed E-state index contributed by atoms with van der Waals surface area (Å²) < 4.78 is 6.13. The highest BCUT2D eigenvalue weighted by Crippen LogP contribution is 2.42. The number of cyclic esters (lactones) is 1. The fourth-order valence-corrected chi connectivity index (χ4v) is 4.13. The van der Waals surface area contributed by atoms with Gasteiger partial charge in [-0.3, -0.25) is 4.99 Å². The lowest BCUT2D eigenvalue weighted by molar-refractivity contribution is -0.160. The number of hydrogen-bond acceptors (Lipinski definition) is 4. The normalized spacial score (nSPS) is 19.3.